The number of carbonyl (C=O) groups excluding carboxylic acids is 1. The lowest BCUT2D eigenvalue weighted by Gasteiger charge is -2.10. The highest BCUT2D eigenvalue weighted by molar-refractivity contribution is 5.94. The minimum Gasteiger partial charge on any atom is -0.348 e. The Bertz CT molecular complexity index is 959. The van der Waals surface area contributed by atoms with Gasteiger partial charge in [-0.05, 0) is 55.8 Å². The van der Waals surface area contributed by atoms with E-state index in [2.05, 4.69) is 10.4 Å². The zero-order valence-corrected chi connectivity index (χ0v) is 14.8. The highest BCUT2D eigenvalue weighted by Crippen LogP contribution is 2.29. The van der Waals surface area contributed by atoms with Crippen molar-refractivity contribution in [2.75, 3.05) is 0 Å². The van der Waals surface area contributed by atoms with Gasteiger partial charge in [0.2, 0.25) is 0 Å². The lowest BCUT2D eigenvalue weighted by Crippen LogP contribution is -2.23. The van der Waals surface area contributed by atoms with Gasteiger partial charge in [-0.1, -0.05) is 18.2 Å². The van der Waals surface area contributed by atoms with Gasteiger partial charge in [-0.25, -0.2) is 4.68 Å². The smallest absolute Gasteiger partial charge is 0.348 e. The van der Waals surface area contributed by atoms with E-state index in [1.54, 1.807) is 0 Å². The van der Waals surface area contributed by atoms with Crippen molar-refractivity contribution in [3.05, 3.63) is 82.7 Å². The third-order valence-corrected chi connectivity index (χ3v) is 4.10. The second-order valence-electron chi connectivity index (χ2n) is 6.27. The van der Waals surface area contributed by atoms with Gasteiger partial charge >= 0.3 is 6.18 Å². The molecule has 0 aliphatic rings. The Morgan fingerprint density at radius 2 is 1.78 bits per heavy atom. The molecule has 1 aromatic heterocycles. The first-order valence-electron chi connectivity index (χ1n) is 8.32. The fourth-order valence-corrected chi connectivity index (χ4v) is 2.77. The number of halogens is 3. The van der Waals surface area contributed by atoms with Crippen LogP contribution in [0.2, 0.25) is 0 Å². The fraction of sp³-hybridized carbons (Fsp3) is 0.200. The molecule has 0 fully saturated rings. The van der Waals surface area contributed by atoms with Crippen molar-refractivity contribution < 1.29 is 18.0 Å². The van der Waals surface area contributed by atoms with E-state index >= 15 is 0 Å². The summed E-state index contributed by atoms with van der Waals surface area (Å²) in [6.45, 7) is 4.09. The van der Waals surface area contributed by atoms with Crippen LogP contribution in [0.1, 0.15) is 32.9 Å². The molecule has 0 atom stereocenters. The lowest BCUT2D eigenvalue weighted by molar-refractivity contribution is -0.137. The van der Waals surface area contributed by atoms with Gasteiger partial charge in [-0.3, -0.25) is 4.79 Å². The fourth-order valence-electron chi connectivity index (χ4n) is 2.77. The zero-order chi connectivity index (χ0) is 19.6. The number of benzene rings is 2. The first-order chi connectivity index (χ1) is 12.7. The molecule has 0 saturated heterocycles. The molecule has 27 heavy (non-hydrogen) atoms. The van der Waals surface area contributed by atoms with E-state index in [0.29, 0.717) is 0 Å². The van der Waals surface area contributed by atoms with Gasteiger partial charge in [0.15, 0.2) is 0 Å². The average molecular weight is 373 g/mol. The predicted octanol–water partition coefficient (Wildman–Crippen LogP) is 4.44. The van der Waals surface area contributed by atoms with Crippen LogP contribution >= 0.6 is 0 Å². The number of nitrogens with one attached hydrogen (secondary N) is 1. The number of hydrogen-bond donors (Lipinski definition) is 1. The molecule has 3 aromatic rings. The van der Waals surface area contributed by atoms with Crippen LogP contribution in [0.5, 0.6) is 0 Å². The number of rotatable bonds is 4. The third-order valence-electron chi connectivity index (χ3n) is 4.10. The van der Waals surface area contributed by atoms with Gasteiger partial charge in [-0.2, -0.15) is 18.3 Å². The van der Waals surface area contributed by atoms with E-state index < -0.39 is 17.6 Å². The van der Waals surface area contributed by atoms with Crippen molar-refractivity contribution in [1.82, 2.24) is 15.1 Å². The van der Waals surface area contributed by atoms with Crippen LogP contribution in [-0.4, -0.2) is 15.7 Å². The summed E-state index contributed by atoms with van der Waals surface area (Å²) in [5.41, 5.74) is 2.80. The Morgan fingerprint density at radius 3 is 2.37 bits per heavy atom. The van der Waals surface area contributed by atoms with Crippen LogP contribution < -0.4 is 5.32 Å². The number of nitrogens with zero attached hydrogens (tertiary/aromatic N) is 2. The minimum absolute atomic E-state index is 0.0240. The molecule has 0 radical (unpaired) electrons. The van der Waals surface area contributed by atoms with Crippen molar-refractivity contribution >= 4 is 5.91 Å². The maximum Gasteiger partial charge on any atom is 0.416 e. The van der Waals surface area contributed by atoms with Crippen LogP contribution in [0.3, 0.4) is 0 Å². The predicted molar refractivity (Wildman–Crippen MR) is 95.7 cm³/mol. The van der Waals surface area contributed by atoms with Crippen LogP contribution in [0.15, 0.2) is 54.6 Å². The van der Waals surface area contributed by atoms with E-state index in [1.165, 1.54) is 12.1 Å². The molecule has 0 bridgehead atoms. The number of alkyl halides is 3. The molecule has 4 nitrogen and oxygen atoms in total. The molecule has 0 spiro atoms. The molecule has 3 rings (SSSR count). The molecule has 1 heterocycles. The van der Waals surface area contributed by atoms with E-state index in [-0.39, 0.29) is 12.1 Å². The first-order valence-corrected chi connectivity index (χ1v) is 8.32. The van der Waals surface area contributed by atoms with E-state index in [1.807, 2.05) is 48.9 Å². The summed E-state index contributed by atoms with van der Waals surface area (Å²) in [6.07, 6.45) is -4.48. The zero-order valence-electron chi connectivity index (χ0n) is 14.8. The molecule has 0 saturated carbocycles. The Balaban J connectivity index is 1.67. The molecular formula is C20H18F3N3O. The number of amides is 1. The van der Waals surface area contributed by atoms with Crippen molar-refractivity contribution in [3.8, 4) is 5.69 Å². The standard InChI is InChI=1S/C20H18F3N3O/c1-13-10-14(2)26(25-13)18-8-6-15(7-9-18)12-24-19(27)16-4-3-5-17(11-16)20(21,22)23/h3-11H,12H2,1-2H3,(H,24,27). The number of aromatic nitrogens is 2. The molecule has 2 aromatic carbocycles. The molecule has 0 aliphatic heterocycles. The van der Waals surface area contributed by atoms with Gasteiger partial charge in [-0.15, -0.1) is 0 Å². The highest BCUT2D eigenvalue weighted by atomic mass is 19.4. The van der Waals surface area contributed by atoms with Crippen molar-refractivity contribution in [1.29, 1.82) is 0 Å². The largest absolute Gasteiger partial charge is 0.416 e. The monoisotopic (exact) mass is 373 g/mol. The number of aryl methyl sites for hydroxylation is 2. The Labute approximate surface area is 154 Å². The van der Waals surface area contributed by atoms with Gasteiger partial charge < -0.3 is 5.32 Å². The number of hydrogen-bond acceptors (Lipinski definition) is 2. The Morgan fingerprint density at radius 1 is 1.07 bits per heavy atom. The van der Waals surface area contributed by atoms with Crippen LogP contribution in [0, 0.1) is 13.8 Å². The van der Waals surface area contributed by atoms with E-state index in [4.69, 9.17) is 0 Å². The molecule has 7 heteroatoms. The summed E-state index contributed by atoms with van der Waals surface area (Å²) < 4.78 is 40.1. The molecular weight excluding hydrogens is 355 g/mol. The summed E-state index contributed by atoms with van der Waals surface area (Å²) in [6, 6.07) is 13.8. The van der Waals surface area contributed by atoms with Gasteiger partial charge in [0.25, 0.3) is 5.91 Å². The highest BCUT2D eigenvalue weighted by Gasteiger charge is 2.30. The SMILES string of the molecule is Cc1cc(C)n(-c2ccc(CNC(=O)c3cccc(C(F)(F)F)c3)cc2)n1. The van der Waals surface area contributed by atoms with Crippen molar-refractivity contribution in [2.24, 2.45) is 0 Å². The molecule has 0 aliphatic carbocycles. The van der Waals surface area contributed by atoms with Gasteiger partial charge in [0, 0.05) is 17.8 Å². The number of carbonyl (C=O) groups is 1. The Kier molecular flexibility index (Phi) is 5.03. The second-order valence-corrected chi connectivity index (χ2v) is 6.27. The average Bonchev–Trinajstić information content (AvgIpc) is 2.97. The first kappa shape index (κ1) is 18.7. The minimum atomic E-state index is -4.48. The molecule has 140 valence electrons. The van der Waals surface area contributed by atoms with Crippen LogP contribution in [0.4, 0.5) is 13.2 Å². The normalized spacial score (nSPS) is 11.4. The Hall–Kier alpha value is -3.09. The van der Waals surface area contributed by atoms with Gasteiger partial charge in [0.05, 0.1) is 16.9 Å². The van der Waals surface area contributed by atoms with Gasteiger partial charge in [0.1, 0.15) is 0 Å². The quantitative estimate of drug-likeness (QED) is 0.735. The summed E-state index contributed by atoms with van der Waals surface area (Å²) in [4.78, 5) is 12.1. The summed E-state index contributed by atoms with van der Waals surface area (Å²) in [5.74, 6) is -0.552. The van der Waals surface area contributed by atoms with Crippen molar-refractivity contribution in [2.45, 2.75) is 26.6 Å². The molecule has 0 unspecified atom stereocenters. The van der Waals surface area contributed by atoms with Crippen molar-refractivity contribution in [3.63, 3.8) is 0 Å². The maximum absolute atomic E-state index is 12.8. The van der Waals surface area contributed by atoms with Crippen LogP contribution in [-0.2, 0) is 12.7 Å². The summed E-state index contributed by atoms with van der Waals surface area (Å²) in [7, 11) is 0. The van der Waals surface area contributed by atoms with E-state index in [9.17, 15) is 18.0 Å². The van der Waals surface area contributed by atoms with E-state index in [0.717, 1.165) is 34.8 Å². The summed E-state index contributed by atoms with van der Waals surface area (Å²) >= 11 is 0. The topological polar surface area (TPSA) is 46.9 Å². The second kappa shape index (κ2) is 7.26. The summed E-state index contributed by atoms with van der Waals surface area (Å²) in [5, 5.41) is 7.05. The van der Waals surface area contributed by atoms with Crippen LogP contribution in [0.25, 0.3) is 5.69 Å². The maximum atomic E-state index is 12.8. The third kappa shape index (κ3) is 4.36. The lowest BCUT2D eigenvalue weighted by atomic mass is 10.1. The molecule has 1 N–H and O–H groups in total. The molecule has 1 amide bonds.